The third kappa shape index (κ3) is 5.62. The predicted octanol–water partition coefficient (Wildman–Crippen LogP) is 2.59. The highest BCUT2D eigenvalue weighted by molar-refractivity contribution is 5.28. The van der Waals surface area contributed by atoms with Crippen molar-refractivity contribution in [3.05, 3.63) is 29.8 Å². The van der Waals surface area contributed by atoms with Gasteiger partial charge >= 0.3 is 0 Å². The highest BCUT2D eigenvalue weighted by atomic mass is 16.5. The normalized spacial score (nSPS) is 22.3. The second kappa shape index (κ2) is 8.94. The van der Waals surface area contributed by atoms with Crippen LogP contribution in [0, 0.1) is 5.92 Å². The molecule has 1 aliphatic carbocycles. The Bertz CT molecular complexity index is 354. The summed E-state index contributed by atoms with van der Waals surface area (Å²) in [6.07, 6.45) is 6.20. The Morgan fingerprint density at radius 3 is 2.58 bits per heavy atom. The minimum absolute atomic E-state index is 0.389. The van der Waals surface area contributed by atoms with Crippen LogP contribution in [-0.4, -0.2) is 27.2 Å². The maximum Gasteiger partial charge on any atom is 0.119 e. The lowest BCUT2D eigenvalue weighted by Gasteiger charge is -2.28. The molecule has 1 aromatic rings. The second-order valence-corrected chi connectivity index (χ2v) is 5.26. The highest BCUT2D eigenvalue weighted by Gasteiger charge is 2.21. The number of nitrogens with two attached hydrogens (primary N) is 1. The van der Waals surface area contributed by atoms with Crippen molar-refractivity contribution < 1.29 is 4.74 Å². The van der Waals surface area contributed by atoms with E-state index in [-0.39, 0.29) is 0 Å². The van der Waals surface area contributed by atoms with Crippen molar-refractivity contribution in [2.75, 3.05) is 21.2 Å². The van der Waals surface area contributed by atoms with E-state index in [2.05, 4.69) is 23.5 Å². The van der Waals surface area contributed by atoms with Gasteiger partial charge in [0.25, 0.3) is 0 Å². The van der Waals surface area contributed by atoms with Crippen LogP contribution < -0.4 is 15.8 Å². The molecule has 1 aliphatic rings. The molecule has 1 fully saturated rings. The summed E-state index contributed by atoms with van der Waals surface area (Å²) in [4.78, 5) is 0. The molecule has 0 amide bonds. The molecule has 2 rings (SSSR count). The van der Waals surface area contributed by atoms with E-state index in [9.17, 15) is 0 Å². The highest BCUT2D eigenvalue weighted by Crippen LogP contribution is 2.27. The second-order valence-electron chi connectivity index (χ2n) is 5.26. The van der Waals surface area contributed by atoms with Crippen LogP contribution in [0.5, 0.6) is 5.75 Å². The van der Waals surface area contributed by atoms with E-state index < -0.39 is 0 Å². The predicted molar refractivity (Wildman–Crippen MR) is 81.6 cm³/mol. The molecule has 0 saturated heterocycles. The molecule has 3 nitrogen and oxygen atoms in total. The number of nitrogens with one attached hydrogen (secondary N) is 1. The van der Waals surface area contributed by atoms with Crippen molar-refractivity contribution >= 4 is 0 Å². The fraction of sp³-hybridized carbons (Fsp3) is 0.625. The van der Waals surface area contributed by atoms with Crippen molar-refractivity contribution in [3.8, 4) is 5.75 Å². The summed E-state index contributed by atoms with van der Waals surface area (Å²) in [7, 11) is 5.46. The molecule has 1 aromatic carbocycles. The van der Waals surface area contributed by atoms with Crippen LogP contribution in [0.15, 0.2) is 24.3 Å². The number of methoxy groups -OCH3 is 1. The van der Waals surface area contributed by atoms with Crippen molar-refractivity contribution in [2.45, 2.75) is 38.1 Å². The van der Waals surface area contributed by atoms with Crippen LogP contribution in [0.25, 0.3) is 0 Å². The molecule has 108 valence electrons. The van der Waals surface area contributed by atoms with E-state index in [0.717, 1.165) is 12.2 Å². The minimum atomic E-state index is 0.389. The summed E-state index contributed by atoms with van der Waals surface area (Å²) in [5, 5.41) is 2.75. The van der Waals surface area contributed by atoms with Gasteiger partial charge in [0.05, 0.1) is 7.11 Å². The number of hydrogen-bond donors (Lipinski definition) is 2. The van der Waals surface area contributed by atoms with Gasteiger partial charge in [-0.15, -0.1) is 0 Å². The fourth-order valence-electron chi connectivity index (χ4n) is 2.59. The molecule has 3 N–H and O–H groups in total. The van der Waals surface area contributed by atoms with Gasteiger partial charge in [0.1, 0.15) is 5.75 Å². The molecule has 0 aromatic heterocycles. The first-order valence-corrected chi connectivity index (χ1v) is 7.18. The molecule has 2 atom stereocenters. The smallest absolute Gasteiger partial charge is 0.119 e. The van der Waals surface area contributed by atoms with E-state index in [1.54, 1.807) is 7.11 Å². The third-order valence-corrected chi connectivity index (χ3v) is 3.60. The molecule has 0 aliphatic heterocycles. The first kappa shape index (κ1) is 16.0. The average molecular weight is 264 g/mol. The minimum Gasteiger partial charge on any atom is -0.497 e. The number of benzene rings is 1. The van der Waals surface area contributed by atoms with Crippen molar-refractivity contribution in [3.63, 3.8) is 0 Å². The van der Waals surface area contributed by atoms with Gasteiger partial charge in [0, 0.05) is 6.04 Å². The maximum absolute atomic E-state index is 6.17. The molecule has 0 spiro atoms. The molecule has 2 unspecified atom stereocenters. The largest absolute Gasteiger partial charge is 0.497 e. The number of ether oxygens (including phenoxy) is 1. The molecule has 3 heteroatoms. The van der Waals surface area contributed by atoms with Gasteiger partial charge in [-0.3, -0.25) is 0 Å². The first-order valence-electron chi connectivity index (χ1n) is 7.18. The number of rotatable bonds is 3. The molecule has 1 saturated carbocycles. The SMILES string of the molecule is CNC.COc1cccc(CC2CCCCC2N)c1. The summed E-state index contributed by atoms with van der Waals surface area (Å²) >= 11 is 0. The van der Waals surface area contributed by atoms with Crippen LogP contribution >= 0.6 is 0 Å². The van der Waals surface area contributed by atoms with Gasteiger partial charge in [-0.2, -0.15) is 0 Å². The Hall–Kier alpha value is -1.06. The molecular formula is C16H28N2O. The summed E-state index contributed by atoms with van der Waals surface area (Å²) in [6, 6.07) is 8.73. The van der Waals surface area contributed by atoms with E-state index in [1.165, 1.54) is 31.2 Å². The Balaban J connectivity index is 0.000000550. The van der Waals surface area contributed by atoms with Crippen LogP contribution in [0.2, 0.25) is 0 Å². The van der Waals surface area contributed by atoms with Gasteiger partial charge in [-0.1, -0.05) is 25.0 Å². The van der Waals surface area contributed by atoms with Crippen LogP contribution in [-0.2, 0) is 6.42 Å². The molecule has 19 heavy (non-hydrogen) atoms. The van der Waals surface area contributed by atoms with Crippen LogP contribution in [0.3, 0.4) is 0 Å². The van der Waals surface area contributed by atoms with Gasteiger partial charge in [-0.25, -0.2) is 0 Å². The lowest BCUT2D eigenvalue weighted by Crippen LogP contribution is -2.34. The van der Waals surface area contributed by atoms with E-state index in [4.69, 9.17) is 10.5 Å². The summed E-state index contributed by atoms with van der Waals surface area (Å²) < 4.78 is 5.24. The fourth-order valence-corrected chi connectivity index (χ4v) is 2.59. The zero-order valence-electron chi connectivity index (χ0n) is 12.5. The topological polar surface area (TPSA) is 47.3 Å². The molecular weight excluding hydrogens is 236 g/mol. The van der Waals surface area contributed by atoms with Crippen molar-refractivity contribution in [1.82, 2.24) is 5.32 Å². The van der Waals surface area contributed by atoms with E-state index in [0.29, 0.717) is 12.0 Å². The van der Waals surface area contributed by atoms with Gasteiger partial charge in [0.2, 0.25) is 0 Å². The third-order valence-electron chi connectivity index (χ3n) is 3.60. The standard InChI is InChI=1S/C14H21NO.C2H7N/c1-16-13-7-4-5-11(10-13)9-12-6-2-3-8-14(12)15;1-3-2/h4-5,7,10,12,14H,2-3,6,8-9,15H2,1H3;3H,1-2H3. The van der Waals surface area contributed by atoms with Gasteiger partial charge in [-0.05, 0) is 57.0 Å². The molecule has 0 heterocycles. The summed E-state index contributed by atoms with van der Waals surface area (Å²) in [6.45, 7) is 0. The zero-order chi connectivity index (χ0) is 14.1. The summed E-state index contributed by atoms with van der Waals surface area (Å²) in [5.74, 6) is 1.60. The Morgan fingerprint density at radius 1 is 1.26 bits per heavy atom. The van der Waals surface area contributed by atoms with Crippen LogP contribution in [0.4, 0.5) is 0 Å². The van der Waals surface area contributed by atoms with E-state index >= 15 is 0 Å². The summed E-state index contributed by atoms with van der Waals surface area (Å²) in [5.41, 5.74) is 7.51. The Kier molecular flexibility index (Phi) is 7.53. The van der Waals surface area contributed by atoms with Crippen LogP contribution in [0.1, 0.15) is 31.2 Å². The Labute approximate surface area is 117 Å². The number of hydrogen-bond acceptors (Lipinski definition) is 3. The Morgan fingerprint density at radius 2 is 1.95 bits per heavy atom. The maximum atomic E-state index is 6.17. The van der Waals surface area contributed by atoms with Gasteiger partial charge < -0.3 is 15.8 Å². The van der Waals surface area contributed by atoms with E-state index in [1.807, 2.05) is 20.2 Å². The molecule has 0 bridgehead atoms. The monoisotopic (exact) mass is 264 g/mol. The van der Waals surface area contributed by atoms with Gasteiger partial charge in [0.15, 0.2) is 0 Å². The average Bonchev–Trinajstić information content (AvgIpc) is 2.43. The quantitative estimate of drug-likeness (QED) is 0.882. The first-order chi connectivity index (χ1) is 9.21. The lowest BCUT2D eigenvalue weighted by atomic mass is 9.81. The lowest BCUT2D eigenvalue weighted by molar-refractivity contribution is 0.306. The zero-order valence-corrected chi connectivity index (χ0v) is 12.5. The molecule has 0 radical (unpaired) electrons. The van der Waals surface area contributed by atoms with Crippen molar-refractivity contribution in [1.29, 1.82) is 0 Å². The van der Waals surface area contributed by atoms with Crippen molar-refractivity contribution in [2.24, 2.45) is 11.7 Å².